The molecule has 0 spiro atoms. The molecule has 0 atom stereocenters. The number of amides is 2. The minimum Gasteiger partial charge on any atom is -0.452 e. The molecule has 0 fully saturated rings. The normalized spacial score (nSPS) is 9.81. The minimum atomic E-state index is -0.736. The van der Waals surface area contributed by atoms with Gasteiger partial charge >= 0.3 is 5.97 Å². The Morgan fingerprint density at radius 3 is 2.38 bits per heavy atom. The van der Waals surface area contributed by atoms with Gasteiger partial charge in [-0.25, -0.2) is 9.18 Å². The summed E-state index contributed by atoms with van der Waals surface area (Å²) in [5, 5.41) is 4.91. The molecule has 0 unspecified atom stereocenters. The van der Waals surface area contributed by atoms with Crippen molar-refractivity contribution in [1.29, 1.82) is 0 Å². The summed E-state index contributed by atoms with van der Waals surface area (Å²) >= 11 is 0. The first kappa shape index (κ1) is 16.6. The summed E-state index contributed by atoms with van der Waals surface area (Å²) in [6, 6.07) is 4.75. The minimum absolute atomic E-state index is 0.143. The highest BCUT2D eigenvalue weighted by atomic mass is 19.1. The van der Waals surface area contributed by atoms with Crippen molar-refractivity contribution in [3.05, 3.63) is 35.6 Å². The average Bonchev–Trinajstić information content (AvgIpc) is 2.49. The summed E-state index contributed by atoms with van der Waals surface area (Å²) in [6.07, 6.45) is 0.801. The molecule has 0 aliphatic carbocycles. The number of hydrogen-bond acceptors (Lipinski definition) is 4. The molecule has 0 radical (unpaired) electrons. The predicted octanol–water partition coefficient (Wildman–Crippen LogP) is 0.625. The largest absolute Gasteiger partial charge is 0.452 e. The molecule has 114 valence electrons. The zero-order chi connectivity index (χ0) is 15.7. The molecule has 0 saturated carbocycles. The van der Waals surface area contributed by atoms with Crippen LogP contribution in [0.25, 0.3) is 0 Å². The molecule has 0 aromatic heterocycles. The molecule has 7 heteroatoms. The highest BCUT2D eigenvalue weighted by molar-refractivity contribution is 5.91. The van der Waals surface area contributed by atoms with Crippen LogP contribution in [0, 0.1) is 5.82 Å². The molecular weight excluding hydrogens is 279 g/mol. The molecule has 0 aliphatic rings. The Hall–Kier alpha value is -2.44. The first-order chi connectivity index (χ1) is 10.0. The standard InChI is InChI=1S/C14H17FN2O4/c1-2-7-16-12(18)8-17-13(19)9-21-14(20)10-3-5-11(15)6-4-10/h3-6H,2,7-9H2,1H3,(H,16,18)(H,17,19). The van der Waals surface area contributed by atoms with E-state index in [0.717, 1.165) is 18.6 Å². The molecular formula is C14H17FN2O4. The van der Waals surface area contributed by atoms with Crippen LogP contribution < -0.4 is 10.6 Å². The maximum absolute atomic E-state index is 12.7. The fourth-order valence-corrected chi connectivity index (χ4v) is 1.36. The van der Waals surface area contributed by atoms with Crippen LogP contribution in [0.1, 0.15) is 23.7 Å². The van der Waals surface area contributed by atoms with Crippen molar-refractivity contribution in [2.24, 2.45) is 0 Å². The highest BCUT2D eigenvalue weighted by Gasteiger charge is 2.11. The summed E-state index contributed by atoms with van der Waals surface area (Å²) in [6.45, 7) is 1.77. The number of ether oxygens (including phenoxy) is 1. The molecule has 1 aromatic rings. The number of carbonyl (C=O) groups excluding carboxylic acids is 3. The van der Waals surface area contributed by atoms with Crippen LogP contribution in [0.2, 0.25) is 0 Å². The van der Waals surface area contributed by atoms with Gasteiger partial charge in [0.15, 0.2) is 6.61 Å². The summed E-state index contributed by atoms with van der Waals surface area (Å²) in [4.78, 5) is 34.1. The van der Waals surface area contributed by atoms with Crippen LogP contribution in [-0.4, -0.2) is 37.5 Å². The van der Waals surface area contributed by atoms with Crippen LogP contribution >= 0.6 is 0 Å². The first-order valence-electron chi connectivity index (χ1n) is 6.49. The van der Waals surface area contributed by atoms with E-state index < -0.39 is 24.3 Å². The van der Waals surface area contributed by atoms with E-state index >= 15 is 0 Å². The lowest BCUT2D eigenvalue weighted by Crippen LogP contribution is -2.38. The summed E-state index contributed by atoms with van der Waals surface area (Å²) in [5.41, 5.74) is 0.143. The van der Waals surface area contributed by atoms with E-state index in [1.165, 1.54) is 12.1 Å². The van der Waals surface area contributed by atoms with E-state index in [0.29, 0.717) is 6.54 Å². The molecule has 2 amide bonds. The Morgan fingerprint density at radius 1 is 1.10 bits per heavy atom. The third-order valence-corrected chi connectivity index (χ3v) is 2.43. The van der Waals surface area contributed by atoms with Crippen LogP contribution in [0.15, 0.2) is 24.3 Å². The lowest BCUT2D eigenvalue weighted by Gasteiger charge is -2.07. The van der Waals surface area contributed by atoms with Crippen LogP contribution in [0.4, 0.5) is 4.39 Å². The summed E-state index contributed by atoms with van der Waals surface area (Å²) in [7, 11) is 0. The van der Waals surface area contributed by atoms with Crippen molar-refractivity contribution in [1.82, 2.24) is 10.6 Å². The molecule has 0 heterocycles. The molecule has 0 bridgehead atoms. The van der Waals surface area contributed by atoms with Gasteiger partial charge in [-0.05, 0) is 30.7 Å². The Labute approximate surface area is 121 Å². The van der Waals surface area contributed by atoms with Gasteiger partial charge in [-0.2, -0.15) is 0 Å². The van der Waals surface area contributed by atoms with Gasteiger partial charge in [0.05, 0.1) is 12.1 Å². The molecule has 0 saturated heterocycles. The maximum atomic E-state index is 12.7. The SMILES string of the molecule is CCCNC(=O)CNC(=O)COC(=O)c1ccc(F)cc1. The molecule has 2 N–H and O–H groups in total. The number of rotatable bonds is 7. The summed E-state index contributed by atoms with van der Waals surface area (Å²) in [5.74, 6) is -2.10. The third-order valence-electron chi connectivity index (χ3n) is 2.43. The van der Waals surface area contributed by atoms with Gasteiger partial charge in [-0.15, -0.1) is 0 Å². The monoisotopic (exact) mass is 296 g/mol. The second-order valence-electron chi connectivity index (χ2n) is 4.21. The lowest BCUT2D eigenvalue weighted by atomic mass is 10.2. The van der Waals surface area contributed by atoms with Gasteiger partial charge in [0.2, 0.25) is 5.91 Å². The molecule has 1 aromatic carbocycles. The predicted molar refractivity (Wildman–Crippen MR) is 73.0 cm³/mol. The Balaban J connectivity index is 2.28. The zero-order valence-corrected chi connectivity index (χ0v) is 11.6. The van der Waals surface area contributed by atoms with Gasteiger partial charge in [0, 0.05) is 6.54 Å². The van der Waals surface area contributed by atoms with Crippen molar-refractivity contribution >= 4 is 17.8 Å². The lowest BCUT2D eigenvalue weighted by molar-refractivity contribution is -0.127. The van der Waals surface area contributed by atoms with Gasteiger partial charge < -0.3 is 15.4 Å². The number of carbonyl (C=O) groups is 3. The number of nitrogens with one attached hydrogen (secondary N) is 2. The second-order valence-corrected chi connectivity index (χ2v) is 4.21. The van der Waals surface area contributed by atoms with Gasteiger partial charge in [0.1, 0.15) is 5.82 Å². The topological polar surface area (TPSA) is 84.5 Å². The second kappa shape index (κ2) is 8.68. The molecule has 0 aliphatic heterocycles. The van der Waals surface area contributed by atoms with Crippen molar-refractivity contribution in [3.63, 3.8) is 0 Å². The Kier molecular flexibility index (Phi) is 6.86. The van der Waals surface area contributed by atoms with E-state index in [4.69, 9.17) is 4.74 Å². The van der Waals surface area contributed by atoms with E-state index in [9.17, 15) is 18.8 Å². The van der Waals surface area contributed by atoms with E-state index in [2.05, 4.69) is 10.6 Å². The first-order valence-corrected chi connectivity index (χ1v) is 6.49. The van der Waals surface area contributed by atoms with Crippen molar-refractivity contribution in [2.75, 3.05) is 19.7 Å². The van der Waals surface area contributed by atoms with Gasteiger partial charge in [0.25, 0.3) is 5.91 Å². The summed E-state index contributed by atoms with van der Waals surface area (Å²) < 4.78 is 17.4. The van der Waals surface area contributed by atoms with Crippen LogP contribution in [0.3, 0.4) is 0 Å². The average molecular weight is 296 g/mol. The quantitative estimate of drug-likeness (QED) is 0.723. The maximum Gasteiger partial charge on any atom is 0.338 e. The number of esters is 1. The van der Waals surface area contributed by atoms with E-state index in [-0.39, 0.29) is 18.0 Å². The highest BCUT2D eigenvalue weighted by Crippen LogP contribution is 2.04. The number of hydrogen-bond donors (Lipinski definition) is 2. The van der Waals surface area contributed by atoms with Gasteiger partial charge in [-0.3, -0.25) is 9.59 Å². The zero-order valence-electron chi connectivity index (χ0n) is 11.6. The van der Waals surface area contributed by atoms with E-state index in [1.54, 1.807) is 0 Å². The van der Waals surface area contributed by atoms with Crippen molar-refractivity contribution in [2.45, 2.75) is 13.3 Å². The smallest absolute Gasteiger partial charge is 0.338 e. The number of halogens is 1. The molecule has 1 rings (SSSR count). The van der Waals surface area contributed by atoms with Crippen LogP contribution in [-0.2, 0) is 14.3 Å². The molecule has 21 heavy (non-hydrogen) atoms. The third kappa shape index (κ3) is 6.51. The Bertz CT molecular complexity index is 502. The van der Waals surface area contributed by atoms with Crippen molar-refractivity contribution < 1.29 is 23.5 Å². The Morgan fingerprint density at radius 2 is 1.76 bits per heavy atom. The number of benzene rings is 1. The molecule has 6 nitrogen and oxygen atoms in total. The van der Waals surface area contributed by atoms with E-state index in [1.807, 2.05) is 6.92 Å². The van der Waals surface area contributed by atoms with Gasteiger partial charge in [-0.1, -0.05) is 6.92 Å². The fourth-order valence-electron chi connectivity index (χ4n) is 1.36. The fraction of sp³-hybridized carbons (Fsp3) is 0.357. The van der Waals surface area contributed by atoms with Crippen LogP contribution in [0.5, 0.6) is 0 Å². The van der Waals surface area contributed by atoms with Crippen molar-refractivity contribution in [3.8, 4) is 0 Å².